The van der Waals surface area contributed by atoms with E-state index in [-0.39, 0.29) is 0 Å². The van der Waals surface area contributed by atoms with Crippen molar-refractivity contribution < 1.29 is 14.2 Å². The molecule has 0 aromatic heterocycles. The lowest BCUT2D eigenvalue weighted by Gasteiger charge is -2.31. The lowest BCUT2D eigenvalue weighted by Crippen LogP contribution is -2.38. The Kier molecular flexibility index (Phi) is 11.2. The van der Waals surface area contributed by atoms with E-state index >= 15 is 0 Å². The van der Waals surface area contributed by atoms with Gasteiger partial charge in [0.25, 0.3) is 0 Å². The van der Waals surface area contributed by atoms with Crippen molar-refractivity contribution in [1.82, 2.24) is 10.2 Å². The van der Waals surface area contributed by atoms with Crippen LogP contribution in [-0.4, -0.2) is 77.8 Å². The molecule has 5 nitrogen and oxygen atoms in total. The number of methoxy groups -OCH3 is 1. The molecular weight excluding hydrogens is 256 g/mol. The van der Waals surface area contributed by atoms with Crippen LogP contribution in [0, 0.1) is 5.92 Å². The summed E-state index contributed by atoms with van der Waals surface area (Å²) in [4.78, 5) is 2.51. The molecule has 0 unspecified atom stereocenters. The number of ether oxygens (including phenoxy) is 3. The van der Waals surface area contributed by atoms with Gasteiger partial charge in [-0.1, -0.05) is 6.92 Å². The minimum Gasteiger partial charge on any atom is -0.382 e. The molecule has 1 aliphatic rings. The first-order valence-electron chi connectivity index (χ1n) is 7.94. The van der Waals surface area contributed by atoms with Crippen molar-refractivity contribution in [2.24, 2.45) is 5.92 Å². The van der Waals surface area contributed by atoms with E-state index in [0.29, 0.717) is 26.4 Å². The van der Waals surface area contributed by atoms with Gasteiger partial charge in [0, 0.05) is 13.7 Å². The topological polar surface area (TPSA) is 43.0 Å². The Balaban J connectivity index is 1.86. The average Bonchev–Trinajstić information content (AvgIpc) is 2.49. The van der Waals surface area contributed by atoms with Gasteiger partial charge in [-0.3, -0.25) is 0 Å². The first-order valence-corrected chi connectivity index (χ1v) is 7.94. The predicted octanol–water partition coefficient (Wildman–Crippen LogP) is 0.988. The van der Waals surface area contributed by atoms with Crippen LogP contribution in [0.3, 0.4) is 0 Å². The molecule has 0 spiro atoms. The van der Waals surface area contributed by atoms with Crippen LogP contribution in [-0.2, 0) is 14.2 Å². The Morgan fingerprint density at radius 1 is 1.00 bits per heavy atom. The fraction of sp³-hybridized carbons (Fsp3) is 1.00. The summed E-state index contributed by atoms with van der Waals surface area (Å²) < 4.78 is 15.8. The SMILES string of the molecule is CCNCC1CCN(CCOCCOCCOC)CC1. The van der Waals surface area contributed by atoms with E-state index in [1.807, 2.05) is 0 Å². The molecule has 1 fully saturated rings. The standard InChI is InChI=1S/C15H32N2O3/c1-3-16-14-15-4-6-17(7-5-15)8-9-19-12-13-20-11-10-18-2/h15-16H,3-14H2,1-2H3. The Labute approximate surface area is 123 Å². The Bertz CT molecular complexity index is 209. The molecular formula is C15H32N2O3. The summed E-state index contributed by atoms with van der Waals surface area (Å²) in [6, 6.07) is 0. The molecule has 1 N–H and O–H groups in total. The van der Waals surface area contributed by atoms with Crippen LogP contribution in [0.25, 0.3) is 0 Å². The lowest BCUT2D eigenvalue weighted by atomic mass is 9.97. The Hall–Kier alpha value is -0.200. The van der Waals surface area contributed by atoms with E-state index in [4.69, 9.17) is 14.2 Å². The van der Waals surface area contributed by atoms with Gasteiger partial charge in [0.15, 0.2) is 0 Å². The second kappa shape index (κ2) is 12.5. The molecule has 0 saturated carbocycles. The fourth-order valence-electron chi connectivity index (χ4n) is 2.42. The van der Waals surface area contributed by atoms with Crippen molar-refractivity contribution in [2.75, 3.05) is 72.9 Å². The van der Waals surface area contributed by atoms with Crippen LogP contribution in [0.2, 0.25) is 0 Å². The van der Waals surface area contributed by atoms with Gasteiger partial charge in [0.1, 0.15) is 0 Å². The van der Waals surface area contributed by atoms with Crippen molar-refractivity contribution in [1.29, 1.82) is 0 Å². The minimum atomic E-state index is 0.652. The van der Waals surface area contributed by atoms with Crippen molar-refractivity contribution in [2.45, 2.75) is 19.8 Å². The van der Waals surface area contributed by atoms with Crippen LogP contribution >= 0.6 is 0 Å². The molecule has 0 amide bonds. The summed E-state index contributed by atoms with van der Waals surface area (Å²) in [5.74, 6) is 0.862. The van der Waals surface area contributed by atoms with Crippen LogP contribution < -0.4 is 5.32 Å². The van der Waals surface area contributed by atoms with Crippen LogP contribution in [0.1, 0.15) is 19.8 Å². The second-order valence-corrected chi connectivity index (χ2v) is 5.31. The van der Waals surface area contributed by atoms with E-state index in [9.17, 15) is 0 Å². The zero-order valence-electron chi connectivity index (χ0n) is 13.2. The van der Waals surface area contributed by atoms with Gasteiger partial charge in [0.05, 0.1) is 33.0 Å². The number of likely N-dealkylation sites (tertiary alicyclic amines) is 1. The molecule has 1 heterocycles. The van der Waals surface area contributed by atoms with E-state index in [1.165, 1.54) is 32.5 Å². The van der Waals surface area contributed by atoms with Crippen molar-refractivity contribution >= 4 is 0 Å². The smallest absolute Gasteiger partial charge is 0.0701 e. The highest BCUT2D eigenvalue weighted by Crippen LogP contribution is 2.15. The molecule has 0 aromatic carbocycles. The minimum absolute atomic E-state index is 0.652. The molecule has 0 bridgehead atoms. The normalized spacial score (nSPS) is 17.7. The molecule has 0 aromatic rings. The maximum Gasteiger partial charge on any atom is 0.0701 e. The highest BCUT2D eigenvalue weighted by molar-refractivity contribution is 4.73. The monoisotopic (exact) mass is 288 g/mol. The molecule has 1 rings (SSSR count). The maximum absolute atomic E-state index is 5.59. The third-order valence-electron chi connectivity index (χ3n) is 3.75. The van der Waals surface area contributed by atoms with Gasteiger partial charge in [-0.15, -0.1) is 0 Å². The summed E-state index contributed by atoms with van der Waals surface area (Å²) in [6.45, 7) is 11.4. The number of rotatable bonds is 12. The number of hydrogen-bond donors (Lipinski definition) is 1. The zero-order valence-corrected chi connectivity index (χ0v) is 13.2. The molecule has 0 radical (unpaired) electrons. The largest absolute Gasteiger partial charge is 0.382 e. The molecule has 0 atom stereocenters. The highest BCUT2D eigenvalue weighted by atomic mass is 16.5. The average molecular weight is 288 g/mol. The van der Waals surface area contributed by atoms with Gasteiger partial charge in [-0.05, 0) is 44.9 Å². The van der Waals surface area contributed by atoms with Gasteiger partial charge in [-0.25, -0.2) is 0 Å². The summed E-state index contributed by atoms with van der Waals surface area (Å²) in [7, 11) is 1.68. The van der Waals surface area contributed by atoms with Gasteiger partial charge < -0.3 is 24.4 Å². The fourth-order valence-corrected chi connectivity index (χ4v) is 2.42. The predicted molar refractivity (Wildman–Crippen MR) is 81.2 cm³/mol. The Morgan fingerprint density at radius 2 is 1.65 bits per heavy atom. The molecule has 1 aliphatic heterocycles. The maximum atomic E-state index is 5.59. The quantitative estimate of drug-likeness (QED) is 0.543. The summed E-state index contributed by atoms with van der Waals surface area (Å²) in [5.41, 5.74) is 0. The van der Waals surface area contributed by atoms with Gasteiger partial charge in [0.2, 0.25) is 0 Å². The van der Waals surface area contributed by atoms with Gasteiger partial charge >= 0.3 is 0 Å². The number of hydrogen-bond acceptors (Lipinski definition) is 5. The van der Waals surface area contributed by atoms with Crippen LogP contribution in [0.15, 0.2) is 0 Å². The zero-order chi connectivity index (χ0) is 14.5. The first-order chi connectivity index (χ1) is 9.86. The Morgan fingerprint density at radius 3 is 2.30 bits per heavy atom. The summed E-state index contributed by atoms with van der Waals surface area (Å²) in [5, 5.41) is 3.45. The molecule has 120 valence electrons. The van der Waals surface area contributed by atoms with Crippen molar-refractivity contribution in [3.63, 3.8) is 0 Å². The van der Waals surface area contributed by atoms with Crippen molar-refractivity contribution in [3.8, 4) is 0 Å². The second-order valence-electron chi connectivity index (χ2n) is 5.31. The number of nitrogens with one attached hydrogen (secondary N) is 1. The summed E-state index contributed by atoms with van der Waals surface area (Å²) in [6.07, 6.45) is 2.63. The van der Waals surface area contributed by atoms with E-state index in [0.717, 1.165) is 25.6 Å². The highest BCUT2D eigenvalue weighted by Gasteiger charge is 2.18. The van der Waals surface area contributed by atoms with Gasteiger partial charge in [-0.2, -0.15) is 0 Å². The lowest BCUT2D eigenvalue weighted by molar-refractivity contribution is 0.0173. The van der Waals surface area contributed by atoms with Crippen molar-refractivity contribution in [3.05, 3.63) is 0 Å². The molecule has 20 heavy (non-hydrogen) atoms. The van der Waals surface area contributed by atoms with E-state index in [2.05, 4.69) is 17.1 Å². The molecule has 5 heteroatoms. The third kappa shape index (κ3) is 8.87. The van der Waals surface area contributed by atoms with Crippen LogP contribution in [0.4, 0.5) is 0 Å². The molecule has 1 saturated heterocycles. The van der Waals surface area contributed by atoms with E-state index < -0.39 is 0 Å². The first kappa shape index (κ1) is 17.9. The number of nitrogens with zero attached hydrogens (tertiary/aromatic N) is 1. The van der Waals surface area contributed by atoms with E-state index in [1.54, 1.807) is 7.11 Å². The summed E-state index contributed by atoms with van der Waals surface area (Å²) >= 11 is 0. The molecule has 0 aliphatic carbocycles. The van der Waals surface area contributed by atoms with Crippen LogP contribution in [0.5, 0.6) is 0 Å². The third-order valence-corrected chi connectivity index (χ3v) is 3.75. The number of piperidine rings is 1.